The summed E-state index contributed by atoms with van der Waals surface area (Å²) in [5.41, 5.74) is 1.15. The van der Waals surface area contributed by atoms with Crippen molar-refractivity contribution < 1.29 is 4.74 Å². The van der Waals surface area contributed by atoms with Crippen molar-refractivity contribution in [3.05, 3.63) is 42.0 Å². The average molecular weight is 330 g/mol. The van der Waals surface area contributed by atoms with Crippen molar-refractivity contribution in [2.45, 2.75) is 32.4 Å². The second-order valence-electron chi connectivity index (χ2n) is 6.28. The van der Waals surface area contributed by atoms with Crippen LogP contribution in [0.5, 0.6) is 5.75 Å². The largest absolute Gasteiger partial charge is 0.492 e. The average Bonchev–Trinajstić information content (AvgIpc) is 3.06. The van der Waals surface area contributed by atoms with Crippen molar-refractivity contribution in [2.75, 3.05) is 33.8 Å². The molecule has 2 rings (SSSR count). The molecule has 1 aromatic rings. The first-order valence-electron chi connectivity index (χ1n) is 8.73. The molecule has 0 spiro atoms. The molecule has 0 heterocycles. The van der Waals surface area contributed by atoms with Gasteiger partial charge in [-0.25, -0.2) is 4.99 Å². The maximum atomic E-state index is 5.79. The Labute approximate surface area is 145 Å². The van der Waals surface area contributed by atoms with E-state index in [1.165, 1.54) is 0 Å². The number of aliphatic imine (C=N–C) groups is 1. The number of benzene rings is 1. The first kappa shape index (κ1) is 18.3. The molecule has 0 radical (unpaired) electrons. The molecule has 0 atom stereocenters. The first-order chi connectivity index (χ1) is 11.7. The van der Waals surface area contributed by atoms with E-state index in [4.69, 9.17) is 9.73 Å². The van der Waals surface area contributed by atoms with E-state index >= 15 is 0 Å². The zero-order valence-corrected chi connectivity index (χ0v) is 15.1. The van der Waals surface area contributed by atoms with Gasteiger partial charge in [0.25, 0.3) is 0 Å². The van der Waals surface area contributed by atoms with Gasteiger partial charge in [0.2, 0.25) is 0 Å². The van der Waals surface area contributed by atoms with Gasteiger partial charge in [-0.2, -0.15) is 0 Å². The lowest BCUT2D eigenvalue weighted by atomic mass is 10.2. The Hall–Kier alpha value is -2.01. The van der Waals surface area contributed by atoms with Crippen LogP contribution in [0.4, 0.5) is 0 Å². The normalized spacial score (nSPS) is 15.1. The summed E-state index contributed by atoms with van der Waals surface area (Å²) in [6.45, 7) is 5.19. The summed E-state index contributed by atoms with van der Waals surface area (Å²) in [6, 6.07) is 8.64. The maximum Gasteiger partial charge on any atom is 0.191 e. The summed E-state index contributed by atoms with van der Waals surface area (Å²) in [6.07, 6.45) is 6.57. The third-order valence-electron chi connectivity index (χ3n) is 3.82. The Morgan fingerprint density at radius 2 is 2.08 bits per heavy atom. The van der Waals surface area contributed by atoms with Gasteiger partial charge in [0, 0.05) is 19.1 Å². The Bertz CT molecular complexity index is 546. The summed E-state index contributed by atoms with van der Waals surface area (Å²) >= 11 is 0. The molecule has 0 fully saturated rings. The lowest BCUT2D eigenvalue weighted by molar-refractivity contribution is 0.261. The topological polar surface area (TPSA) is 48.9 Å². The van der Waals surface area contributed by atoms with Gasteiger partial charge >= 0.3 is 0 Å². The lowest BCUT2D eigenvalue weighted by Crippen LogP contribution is -2.42. The number of likely N-dealkylation sites (N-methyl/N-ethyl adjacent to an activating group) is 1. The molecule has 1 aromatic carbocycles. The third kappa shape index (κ3) is 6.62. The van der Waals surface area contributed by atoms with Crippen LogP contribution in [0.25, 0.3) is 0 Å². The van der Waals surface area contributed by atoms with E-state index in [0.29, 0.717) is 19.2 Å². The van der Waals surface area contributed by atoms with Gasteiger partial charge < -0.3 is 20.3 Å². The van der Waals surface area contributed by atoms with Crippen molar-refractivity contribution in [3.63, 3.8) is 0 Å². The summed E-state index contributed by atoms with van der Waals surface area (Å²) in [7, 11) is 4.09. The van der Waals surface area contributed by atoms with Gasteiger partial charge in [-0.3, -0.25) is 0 Å². The quantitative estimate of drug-likeness (QED) is 0.437. The van der Waals surface area contributed by atoms with Crippen molar-refractivity contribution in [1.82, 2.24) is 15.5 Å². The van der Waals surface area contributed by atoms with E-state index in [1.54, 1.807) is 0 Å². The molecule has 24 heavy (non-hydrogen) atoms. The fourth-order valence-electron chi connectivity index (χ4n) is 2.50. The van der Waals surface area contributed by atoms with Crippen LogP contribution in [-0.2, 0) is 6.54 Å². The molecule has 5 heteroatoms. The number of nitrogens with zero attached hydrogens (tertiary/aromatic N) is 2. The monoisotopic (exact) mass is 330 g/mol. The molecular formula is C19H30N4O. The number of ether oxygens (including phenoxy) is 1. The van der Waals surface area contributed by atoms with Crippen LogP contribution in [-0.4, -0.2) is 50.7 Å². The smallest absolute Gasteiger partial charge is 0.191 e. The van der Waals surface area contributed by atoms with Crippen LogP contribution in [0.3, 0.4) is 0 Å². The molecule has 1 aliphatic carbocycles. The Balaban J connectivity index is 1.89. The molecular weight excluding hydrogens is 300 g/mol. The minimum Gasteiger partial charge on any atom is -0.492 e. The second kappa shape index (κ2) is 9.98. The van der Waals surface area contributed by atoms with Gasteiger partial charge in [-0.05, 0) is 51.6 Å². The van der Waals surface area contributed by atoms with E-state index in [1.807, 2.05) is 26.2 Å². The molecule has 0 saturated carbocycles. The van der Waals surface area contributed by atoms with Crippen LogP contribution in [0, 0.1) is 0 Å². The zero-order valence-electron chi connectivity index (χ0n) is 15.1. The minimum atomic E-state index is 0.462. The number of guanidine groups is 1. The van der Waals surface area contributed by atoms with Crippen LogP contribution in [0.2, 0.25) is 0 Å². The fourth-order valence-corrected chi connectivity index (χ4v) is 2.50. The summed E-state index contributed by atoms with van der Waals surface area (Å²) in [5, 5.41) is 6.80. The molecule has 0 amide bonds. The van der Waals surface area contributed by atoms with Gasteiger partial charge in [0.1, 0.15) is 12.4 Å². The van der Waals surface area contributed by atoms with Crippen molar-refractivity contribution >= 4 is 5.96 Å². The highest BCUT2D eigenvalue weighted by Crippen LogP contribution is 2.14. The first-order valence-corrected chi connectivity index (χ1v) is 8.73. The molecule has 0 unspecified atom stereocenters. The predicted molar refractivity (Wildman–Crippen MR) is 101 cm³/mol. The van der Waals surface area contributed by atoms with Crippen molar-refractivity contribution in [3.8, 4) is 5.75 Å². The van der Waals surface area contributed by atoms with Crippen LogP contribution < -0.4 is 15.4 Å². The highest BCUT2D eigenvalue weighted by molar-refractivity contribution is 5.80. The molecule has 1 aliphatic rings. The van der Waals surface area contributed by atoms with Crippen LogP contribution in [0.15, 0.2) is 41.4 Å². The van der Waals surface area contributed by atoms with Gasteiger partial charge in [0.05, 0.1) is 6.54 Å². The Morgan fingerprint density at radius 3 is 2.79 bits per heavy atom. The molecule has 0 aromatic heterocycles. The van der Waals surface area contributed by atoms with Crippen LogP contribution >= 0.6 is 0 Å². The SMILES string of the molecule is CCNC(=NCc1cccc(OCCN(C)C)c1)NC1CC=CC1. The molecule has 2 N–H and O–H groups in total. The van der Waals surface area contributed by atoms with Crippen molar-refractivity contribution in [2.24, 2.45) is 4.99 Å². The molecule has 132 valence electrons. The Kier molecular flexibility index (Phi) is 7.62. The number of hydrogen-bond acceptors (Lipinski definition) is 3. The van der Waals surface area contributed by atoms with Gasteiger partial charge in [0.15, 0.2) is 5.96 Å². The standard InChI is InChI=1S/C19H30N4O/c1-4-20-19(22-17-9-5-6-10-17)21-15-16-8-7-11-18(14-16)24-13-12-23(2)3/h5-8,11,14,17H,4,9-10,12-13,15H2,1-3H3,(H2,20,21,22). The van der Waals surface area contributed by atoms with Crippen LogP contribution in [0.1, 0.15) is 25.3 Å². The highest BCUT2D eigenvalue weighted by Gasteiger charge is 2.11. The summed E-state index contributed by atoms with van der Waals surface area (Å²) < 4.78 is 5.79. The van der Waals surface area contributed by atoms with Gasteiger partial charge in [-0.1, -0.05) is 24.3 Å². The predicted octanol–water partition coefficient (Wildman–Crippen LogP) is 2.40. The van der Waals surface area contributed by atoms with Gasteiger partial charge in [-0.15, -0.1) is 0 Å². The molecule has 0 bridgehead atoms. The summed E-state index contributed by atoms with van der Waals surface area (Å²) in [5.74, 6) is 1.78. The molecule has 0 saturated heterocycles. The number of hydrogen-bond donors (Lipinski definition) is 2. The van der Waals surface area contributed by atoms with E-state index in [9.17, 15) is 0 Å². The molecule has 5 nitrogen and oxygen atoms in total. The molecule has 0 aliphatic heterocycles. The van der Waals surface area contributed by atoms with Crippen molar-refractivity contribution in [1.29, 1.82) is 0 Å². The summed E-state index contributed by atoms with van der Waals surface area (Å²) in [4.78, 5) is 6.81. The van der Waals surface area contributed by atoms with E-state index in [2.05, 4.69) is 46.7 Å². The lowest BCUT2D eigenvalue weighted by Gasteiger charge is -2.16. The Morgan fingerprint density at radius 1 is 1.29 bits per heavy atom. The zero-order chi connectivity index (χ0) is 17.2. The highest BCUT2D eigenvalue weighted by atomic mass is 16.5. The minimum absolute atomic E-state index is 0.462. The number of nitrogens with one attached hydrogen (secondary N) is 2. The number of rotatable bonds is 8. The van der Waals surface area contributed by atoms with E-state index in [0.717, 1.165) is 43.2 Å². The fraction of sp³-hybridized carbons (Fsp3) is 0.526. The van der Waals surface area contributed by atoms with E-state index < -0.39 is 0 Å². The second-order valence-corrected chi connectivity index (χ2v) is 6.28. The third-order valence-corrected chi connectivity index (χ3v) is 3.82. The maximum absolute atomic E-state index is 5.79. The van der Waals surface area contributed by atoms with E-state index in [-0.39, 0.29) is 0 Å².